The lowest BCUT2D eigenvalue weighted by atomic mass is 10.0. The normalized spacial score (nSPS) is 12.2. The van der Waals surface area contributed by atoms with Gasteiger partial charge in [-0.1, -0.05) is 42.5 Å². The largest absolute Gasteiger partial charge is 0.493 e. The van der Waals surface area contributed by atoms with Crippen molar-refractivity contribution in [3.8, 4) is 11.5 Å². The molecule has 2 rings (SSSR count). The van der Waals surface area contributed by atoms with Crippen LogP contribution in [0.3, 0.4) is 0 Å². The van der Waals surface area contributed by atoms with E-state index in [4.69, 9.17) is 9.47 Å². The average molecular weight is 285 g/mol. The Hall–Kier alpha value is -2.00. The van der Waals surface area contributed by atoms with Crippen LogP contribution in [-0.2, 0) is 0 Å². The number of methoxy groups -OCH3 is 1. The molecule has 0 heterocycles. The minimum Gasteiger partial charge on any atom is -0.493 e. The molecule has 3 nitrogen and oxygen atoms in total. The summed E-state index contributed by atoms with van der Waals surface area (Å²) in [5.74, 6) is 1.57. The Morgan fingerprint density at radius 1 is 0.905 bits per heavy atom. The summed E-state index contributed by atoms with van der Waals surface area (Å²) in [6.45, 7) is 0.651. The van der Waals surface area contributed by atoms with Crippen molar-refractivity contribution in [2.75, 3.05) is 27.8 Å². The zero-order valence-corrected chi connectivity index (χ0v) is 13.0. The first-order valence-electron chi connectivity index (χ1n) is 7.19. The Bertz CT molecular complexity index is 540. The van der Waals surface area contributed by atoms with E-state index in [1.807, 2.05) is 30.3 Å². The highest BCUT2D eigenvalue weighted by Gasteiger charge is 2.14. The second kappa shape index (κ2) is 7.70. The van der Waals surface area contributed by atoms with Gasteiger partial charge in [0.25, 0.3) is 0 Å². The van der Waals surface area contributed by atoms with Crippen LogP contribution in [0.5, 0.6) is 11.5 Å². The monoisotopic (exact) mass is 285 g/mol. The SMILES string of the molecule is COc1ccccc1OCCC(c1ccccc1)N(C)C. The molecule has 3 heteroatoms. The second-order valence-corrected chi connectivity index (χ2v) is 5.18. The third-order valence-electron chi connectivity index (χ3n) is 3.53. The first kappa shape index (κ1) is 15.4. The van der Waals surface area contributed by atoms with E-state index < -0.39 is 0 Å². The Morgan fingerprint density at radius 2 is 1.52 bits per heavy atom. The van der Waals surface area contributed by atoms with Gasteiger partial charge in [0.15, 0.2) is 11.5 Å². The summed E-state index contributed by atoms with van der Waals surface area (Å²) < 4.78 is 11.2. The molecule has 0 fully saturated rings. The molecule has 0 aliphatic rings. The molecule has 0 spiro atoms. The molecular weight excluding hydrogens is 262 g/mol. The van der Waals surface area contributed by atoms with Gasteiger partial charge in [-0.3, -0.25) is 0 Å². The third kappa shape index (κ3) is 4.23. The van der Waals surface area contributed by atoms with Gasteiger partial charge >= 0.3 is 0 Å². The molecule has 0 N–H and O–H groups in total. The summed E-state index contributed by atoms with van der Waals surface area (Å²) in [7, 11) is 5.86. The van der Waals surface area contributed by atoms with Crippen molar-refractivity contribution in [1.82, 2.24) is 4.90 Å². The van der Waals surface area contributed by atoms with Crippen molar-refractivity contribution in [3.63, 3.8) is 0 Å². The van der Waals surface area contributed by atoms with Crippen molar-refractivity contribution in [2.45, 2.75) is 12.5 Å². The van der Waals surface area contributed by atoms with E-state index in [1.165, 1.54) is 5.56 Å². The third-order valence-corrected chi connectivity index (χ3v) is 3.53. The highest BCUT2D eigenvalue weighted by molar-refractivity contribution is 5.39. The lowest BCUT2D eigenvalue weighted by Crippen LogP contribution is -2.22. The zero-order chi connectivity index (χ0) is 15.1. The van der Waals surface area contributed by atoms with E-state index in [2.05, 4.69) is 43.3 Å². The predicted molar refractivity (Wildman–Crippen MR) is 86.0 cm³/mol. The van der Waals surface area contributed by atoms with Crippen molar-refractivity contribution >= 4 is 0 Å². The number of nitrogens with zero attached hydrogens (tertiary/aromatic N) is 1. The van der Waals surface area contributed by atoms with Gasteiger partial charge in [-0.2, -0.15) is 0 Å². The highest BCUT2D eigenvalue weighted by Crippen LogP contribution is 2.27. The van der Waals surface area contributed by atoms with Crippen LogP contribution in [-0.4, -0.2) is 32.7 Å². The van der Waals surface area contributed by atoms with Crippen molar-refractivity contribution < 1.29 is 9.47 Å². The quantitative estimate of drug-likeness (QED) is 0.773. The summed E-state index contributed by atoms with van der Waals surface area (Å²) in [6.07, 6.45) is 0.926. The first-order valence-corrected chi connectivity index (χ1v) is 7.19. The topological polar surface area (TPSA) is 21.7 Å². The van der Waals surface area contributed by atoms with E-state index in [-0.39, 0.29) is 0 Å². The van der Waals surface area contributed by atoms with E-state index in [1.54, 1.807) is 7.11 Å². The van der Waals surface area contributed by atoms with E-state index in [0.29, 0.717) is 12.6 Å². The first-order chi connectivity index (χ1) is 10.2. The van der Waals surface area contributed by atoms with Crippen LogP contribution in [0.15, 0.2) is 54.6 Å². The van der Waals surface area contributed by atoms with Crippen LogP contribution in [0.1, 0.15) is 18.0 Å². The zero-order valence-electron chi connectivity index (χ0n) is 13.0. The number of hydrogen-bond donors (Lipinski definition) is 0. The average Bonchev–Trinajstić information content (AvgIpc) is 2.52. The van der Waals surface area contributed by atoms with Gasteiger partial charge in [-0.25, -0.2) is 0 Å². The lowest BCUT2D eigenvalue weighted by molar-refractivity contribution is 0.218. The number of ether oxygens (including phenoxy) is 2. The molecule has 0 aromatic heterocycles. The smallest absolute Gasteiger partial charge is 0.161 e. The number of hydrogen-bond acceptors (Lipinski definition) is 3. The molecule has 0 radical (unpaired) electrons. The summed E-state index contributed by atoms with van der Waals surface area (Å²) in [4.78, 5) is 2.22. The molecule has 1 atom stereocenters. The number of para-hydroxylation sites is 2. The van der Waals surface area contributed by atoms with Crippen LogP contribution in [0.4, 0.5) is 0 Å². The standard InChI is InChI=1S/C18H23NO2/c1-19(2)16(15-9-5-4-6-10-15)13-14-21-18-12-8-7-11-17(18)20-3/h4-12,16H,13-14H2,1-3H3. The Balaban J connectivity index is 1.97. The van der Waals surface area contributed by atoms with Crippen LogP contribution >= 0.6 is 0 Å². The minimum atomic E-state index is 0.348. The van der Waals surface area contributed by atoms with Crippen LogP contribution in [0, 0.1) is 0 Å². The van der Waals surface area contributed by atoms with Crippen molar-refractivity contribution in [3.05, 3.63) is 60.2 Å². The Kier molecular flexibility index (Phi) is 5.64. The second-order valence-electron chi connectivity index (χ2n) is 5.18. The van der Waals surface area contributed by atoms with Gasteiger partial charge in [0.05, 0.1) is 13.7 Å². The molecule has 2 aromatic carbocycles. The highest BCUT2D eigenvalue weighted by atomic mass is 16.5. The molecule has 1 unspecified atom stereocenters. The van der Waals surface area contributed by atoms with E-state index >= 15 is 0 Å². The van der Waals surface area contributed by atoms with E-state index in [0.717, 1.165) is 17.9 Å². The molecule has 2 aromatic rings. The fourth-order valence-electron chi connectivity index (χ4n) is 2.42. The molecule has 112 valence electrons. The van der Waals surface area contributed by atoms with Crippen molar-refractivity contribution in [1.29, 1.82) is 0 Å². The van der Waals surface area contributed by atoms with Crippen LogP contribution in [0.2, 0.25) is 0 Å². The molecule has 0 saturated heterocycles. The lowest BCUT2D eigenvalue weighted by Gasteiger charge is -2.25. The summed E-state index contributed by atoms with van der Waals surface area (Å²) in [6, 6.07) is 18.6. The molecule has 0 bridgehead atoms. The molecule has 0 aliphatic heterocycles. The summed E-state index contributed by atoms with van der Waals surface area (Å²) >= 11 is 0. The molecule has 0 aliphatic carbocycles. The maximum absolute atomic E-state index is 5.88. The van der Waals surface area contributed by atoms with Gasteiger partial charge in [0.2, 0.25) is 0 Å². The van der Waals surface area contributed by atoms with Crippen LogP contribution in [0.25, 0.3) is 0 Å². The fourth-order valence-corrected chi connectivity index (χ4v) is 2.42. The fraction of sp³-hybridized carbons (Fsp3) is 0.333. The van der Waals surface area contributed by atoms with Gasteiger partial charge in [0, 0.05) is 12.5 Å². The molecule has 0 amide bonds. The van der Waals surface area contributed by atoms with Gasteiger partial charge in [0.1, 0.15) is 0 Å². The number of benzene rings is 2. The van der Waals surface area contributed by atoms with Crippen molar-refractivity contribution in [2.24, 2.45) is 0 Å². The molecular formula is C18H23NO2. The summed E-state index contributed by atoms with van der Waals surface area (Å²) in [5.41, 5.74) is 1.31. The molecule has 0 saturated carbocycles. The van der Waals surface area contributed by atoms with Gasteiger partial charge in [-0.05, 0) is 31.8 Å². The number of rotatable bonds is 7. The minimum absolute atomic E-state index is 0.348. The van der Waals surface area contributed by atoms with Crippen LogP contribution < -0.4 is 9.47 Å². The Morgan fingerprint density at radius 3 is 2.14 bits per heavy atom. The maximum Gasteiger partial charge on any atom is 0.161 e. The van der Waals surface area contributed by atoms with E-state index in [9.17, 15) is 0 Å². The van der Waals surface area contributed by atoms with Gasteiger partial charge < -0.3 is 14.4 Å². The molecule has 21 heavy (non-hydrogen) atoms. The Labute approximate surface area is 127 Å². The summed E-state index contributed by atoms with van der Waals surface area (Å²) in [5, 5.41) is 0. The maximum atomic E-state index is 5.88. The predicted octanol–water partition coefficient (Wildman–Crippen LogP) is 3.77. The van der Waals surface area contributed by atoms with Gasteiger partial charge in [-0.15, -0.1) is 0 Å².